The third kappa shape index (κ3) is 3.29. The summed E-state index contributed by atoms with van der Waals surface area (Å²) in [5.41, 5.74) is 5.05. The monoisotopic (exact) mass is 346 g/mol. The van der Waals surface area contributed by atoms with Crippen molar-refractivity contribution in [1.82, 2.24) is 4.72 Å². The number of fused-ring (bicyclic) bond motifs is 1. The lowest BCUT2D eigenvalue weighted by atomic mass is 10.1. The Bertz CT molecular complexity index is 822. The van der Waals surface area contributed by atoms with Gasteiger partial charge in [0.05, 0.1) is 10.9 Å². The van der Waals surface area contributed by atoms with Crippen LogP contribution in [0.25, 0.3) is 10.8 Å². The van der Waals surface area contributed by atoms with Gasteiger partial charge in [-0.15, -0.1) is 0 Å². The number of benzene rings is 2. The van der Waals surface area contributed by atoms with Crippen LogP contribution in [-0.2, 0) is 14.8 Å². The van der Waals surface area contributed by atoms with Gasteiger partial charge in [-0.1, -0.05) is 29.3 Å². The standard InChI is InChI=1S/C13H12Cl2N2O3S/c1-7(13(16)18)17-21(19,20)8-2-3-9-10(6-8)12(15)5-4-11(9)14/h2-7,17H,1H3,(H2,16,18). The Morgan fingerprint density at radius 3 is 2.29 bits per heavy atom. The van der Waals surface area contributed by atoms with Crippen LogP contribution in [0.5, 0.6) is 0 Å². The predicted molar refractivity (Wildman–Crippen MR) is 82.9 cm³/mol. The number of carbonyl (C=O) groups excluding carboxylic acids is 1. The van der Waals surface area contributed by atoms with Crippen LogP contribution in [0.15, 0.2) is 35.2 Å². The molecule has 1 atom stereocenters. The van der Waals surface area contributed by atoms with E-state index in [1.807, 2.05) is 0 Å². The lowest BCUT2D eigenvalue weighted by Gasteiger charge is -2.12. The molecule has 0 bridgehead atoms. The molecule has 21 heavy (non-hydrogen) atoms. The van der Waals surface area contributed by atoms with Crippen LogP contribution < -0.4 is 10.5 Å². The van der Waals surface area contributed by atoms with Gasteiger partial charge in [0.1, 0.15) is 0 Å². The van der Waals surface area contributed by atoms with Crippen molar-refractivity contribution in [3.05, 3.63) is 40.4 Å². The van der Waals surface area contributed by atoms with E-state index in [1.165, 1.54) is 19.1 Å². The predicted octanol–water partition coefficient (Wildman–Crippen LogP) is 2.30. The molecule has 0 radical (unpaired) electrons. The molecule has 0 aliphatic rings. The number of amides is 1. The third-order valence-corrected chi connectivity index (χ3v) is 5.15. The van der Waals surface area contributed by atoms with Crippen molar-refractivity contribution >= 4 is 49.9 Å². The Labute approximate surface area is 132 Å². The molecule has 0 fully saturated rings. The van der Waals surface area contributed by atoms with E-state index in [0.29, 0.717) is 20.8 Å². The first-order chi connectivity index (χ1) is 9.72. The van der Waals surface area contributed by atoms with Gasteiger partial charge in [0, 0.05) is 20.8 Å². The van der Waals surface area contributed by atoms with E-state index in [-0.39, 0.29) is 4.90 Å². The van der Waals surface area contributed by atoms with E-state index in [4.69, 9.17) is 28.9 Å². The van der Waals surface area contributed by atoms with Crippen LogP contribution in [0.4, 0.5) is 0 Å². The number of hydrogen-bond acceptors (Lipinski definition) is 3. The molecule has 0 aliphatic heterocycles. The molecule has 0 spiro atoms. The Kier molecular flexibility index (Phi) is 4.43. The summed E-state index contributed by atoms with van der Waals surface area (Å²) in [6.07, 6.45) is 0. The maximum Gasteiger partial charge on any atom is 0.241 e. The summed E-state index contributed by atoms with van der Waals surface area (Å²) in [4.78, 5) is 11.0. The Hall–Kier alpha value is -1.34. The lowest BCUT2D eigenvalue weighted by molar-refractivity contribution is -0.119. The first kappa shape index (κ1) is 16.0. The van der Waals surface area contributed by atoms with E-state index in [2.05, 4.69) is 4.72 Å². The molecular weight excluding hydrogens is 335 g/mol. The summed E-state index contributed by atoms with van der Waals surface area (Å²) >= 11 is 12.1. The molecule has 112 valence electrons. The highest BCUT2D eigenvalue weighted by atomic mass is 35.5. The average Bonchev–Trinajstić information content (AvgIpc) is 2.42. The normalized spacial score (nSPS) is 13.3. The van der Waals surface area contributed by atoms with Gasteiger partial charge in [0.25, 0.3) is 0 Å². The topological polar surface area (TPSA) is 89.3 Å². The molecular formula is C13H12Cl2N2O3S. The minimum Gasteiger partial charge on any atom is -0.368 e. The van der Waals surface area contributed by atoms with Crippen LogP contribution >= 0.6 is 23.2 Å². The summed E-state index contributed by atoms with van der Waals surface area (Å²) in [6.45, 7) is 1.37. The number of rotatable bonds is 4. The number of halogens is 2. The zero-order chi connectivity index (χ0) is 15.8. The molecule has 2 aromatic carbocycles. The van der Waals surface area contributed by atoms with Crippen molar-refractivity contribution in [3.8, 4) is 0 Å². The average molecular weight is 347 g/mol. The Morgan fingerprint density at radius 1 is 1.14 bits per heavy atom. The smallest absolute Gasteiger partial charge is 0.241 e. The number of carbonyl (C=O) groups is 1. The maximum atomic E-state index is 12.2. The number of sulfonamides is 1. The van der Waals surface area contributed by atoms with Gasteiger partial charge in [-0.2, -0.15) is 4.72 Å². The number of nitrogens with two attached hydrogens (primary N) is 1. The molecule has 2 aromatic rings. The molecule has 3 N–H and O–H groups in total. The van der Waals surface area contributed by atoms with E-state index < -0.39 is 22.0 Å². The Balaban J connectivity index is 2.53. The van der Waals surface area contributed by atoms with E-state index >= 15 is 0 Å². The molecule has 1 amide bonds. The zero-order valence-corrected chi connectivity index (χ0v) is 13.3. The molecule has 0 saturated carbocycles. The van der Waals surface area contributed by atoms with Crippen LogP contribution in [0.2, 0.25) is 10.0 Å². The van der Waals surface area contributed by atoms with Crippen LogP contribution in [0.3, 0.4) is 0 Å². The highest BCUT2D eigenvalue weighted by molar-refractivity contribution is 7.89. The van der Waals surface area contributed by atoms with E-state index in [0.717, 1.165) is 0 Å². The second kappa shape index (κ2) is 5.81. The summed E-state index contributed by atoms with van der Waals surface area (Å²) in [6, 6.07) is 6.56. The van der Waals surface area contributed by atoms with E-state index in [1.54, 1.807) is 18.2 Å². The lowest BCUT2D eigenvalue weighted by Crippen LogP contribution is -2.42. The molecule has 0 aliphatic carbocycles. The van der Waals surface area contributed by atoms with Gasteiger partial charge in [-0.25, -0.2) is 8.42 Å². The fraction of sp³-hybridized carbons (Fsp3) is 0.154. The number of hydrogen-bond donors (Lipinski definition) is 2. The van der Waals surface area contributed by atoms with Crippen molar-refractivity contribution in [2.24, 2.45) is 5.73 Å². The summed E-state index contributed by atoms with van der Waals surface area (Å²) in [5, 5.41) is 2.01. The first-order valence-corrected chi connectivity index (χ1v) is 8.15. The van der Waals surface area contributed by atoms with Gasteiger partial charge in [0.15, 0.2) is 0 Å². The minimum atomic E-state index is -3.88. The van der Waals surface area contributed by atoms with Crippen molar-refractivity contribution in [1.29, 1.82) is 0 Å². The fourth-order valence-electron chi connectivity index (χ4n) is 1.78. The van der Waals surface area contributed by atoms with Gasteiger partial charge in [0.2, 0.25) is 15.9 Å². The van der Waals surface area contributed by atoms with Crippen molar-refractivity contribution in [2.75, 3.05) is 0 Å². The van der Waals surface area contributed by atoms with Crippen molar-refractivity contribution < 1.29 is 13.2 Å². The van der Waals surface area contributed by atoms with Crippen molar-refractivity contribution in [3.63, 3.8) is 0 Å². The molecule has 1 unspecified atom stereocenters. The summed E-state index contributed by atoms with van der Waals surface area (Å²) < 4.78 is 26.6. The molecule has 0 saturated heterocycles. The number of primary amides is 1. The zero-order valence-electron chi connectivity index (χ0n) is 10.9. The van der Waals surface area contributed by atoms with Gasteiger partial charge >= 0.3 is 0 Å². The third-order valence-electron chi connectivity index (χ3n) is 2.95. The SMILES string of the molecule is CC(NS(=O)(=O)c1ccc2c(Cl)ccc(Cl)c2c1)C(N)=O. The maximum absolute atomic E-state index is 12.2. The first-order valence-electron chi connectivity index (χ1n) is 5.92. The van der Waals surface area contributed by atoms with Crippen LogP contribution in [-0.4, -0.2) is 20.4 Å². The van der Waals surface area contributed by atoms with E-state index in [9.17, 15) is 13.2 Å². The number of nitrogens with one attached hydrogen (secondary N) is 1. The second-order valence-electron chi connectivity index (χ2n) is 4.48. The highest BCUT2D eigenvalue weighted by Gasteiger charge is 2.21. The molecule has 0 heterocycles. The summed E-state index contributed by atoms with van der Waals surface area (Å²) in [7, 11) is -3.88. The molecule has 0 aromatic heterocycles. The Morgan fingerprint density at radius 2 is 1.71 bits per heavy atom. The fourth-order valence-corrected chi connectivity index (χ4v) is 3.47. The molecule has 2 rings (SSSR count). The second-order valence-corrected chi connectivity index (χ2v) is 7.01. The highest BCUT2D eigenvalue weighted by Crippen LogP contribution is 2.31. The van der Waals surface area contributed by atoms with Gasteiger partial charge < -0.3 is 5.73 Å². The summed E-state index contributed by atoms with van der Waals surface area (Å²) in [5.74, 6) is -0.763. The quantitative estimate of drug-likeness (QED) is 0.889. The van der Waals surface area contributed by atoms with Gasteiger partial charge in [-0.3, -0.25) is 4.79 Å². The molecule has 5 nitrogen and oxygen atoms in total. The van der Waals surface area contributed by atoms with Gasteiger partial charge in [-0.05, 0) is 31.2 Å². The largest absolute Gasteiger partial charge is 0.368 e. The van der Waals surface area contributed by atoms with Crippen molar-refractivity contribution in [2.45, 2.75) is 17.9 Å². The van der Waals surface area contributed by atoms with Crippen LogP contribution in [0.1, 0.15) is 6.92 Å². The van der Waals surface area contributed by atoms with Crippen LogP contribution in [0, 0.1) is 0 Å². The minimum absolute atomic E-state index is 0.0210. The molecule has 8 heteroatoms.